The van der Waals surface area contributed by atoms with E-state index < -0.39 is 0 Å². The van der Waals surface area contributed by atoms with Crippen molar-refractivity contribution in [3.63, 3.8) is 0 Å². The quantitative estimate of drug-likeness (QED) is 0.715. The summed E-state index contributed by atoms with van der Waals surface area (Å²) in [5.41, 5.74) is 3.78. The number of amides is 1. The zero-order valence-corrected chi connectivity index (χ0v) is 16.3. The van der Waals surface area contributed by atoms with Crippen LogP contribution in [0.1, 0.15) is 18.4 Å². The first kappa shape index (κ1) is 19.1. The monoisotopic (exact) mass is 390 g/mol. The number of aryl methyl sites for hydroxylation is 1. The zero-order chi connectivity index (χ0) is 20.2. The van der Waals surface area contributed by atoms with Crippen molar-refractivity contribution < 1.29 is 9.18 Å². The van der Waals surface area contributed by atoms with Gasteiger partial charge >= 0.3 is 0 Å². The Morgan fingerprint density at radius 2 is 1.76 bits per heavy atom. The van der Waals surface area contributed by atoms with Gasteiger partial charge in [0.05, 0.1) is 0 Å². The van der Waals surface area contributed by atoms with Crippen molar-refractivity contribution in [1.82, 2.24) is 9.97 Å². The molecule has 1 aromatic heterocycles. The van der Waals surface area contributed by atoms with Crippen molar-refractivity contribution in [1.29, 1.82) is 0 Å². The molecular formula is C23H23FN4O. The van der Waals surface area contributed by atoms with Crippen LogP contribution in [-0.4, -0.2) is 29.0 Å². The van der Waals surface area contributed by atoms with E-state index in [2.05, 4.69) is 39.2 Å². The van der Waals surface area contributed by atoms with Crippen LogP contribution < -0.4 is 10.2 Å². The zero-order valence-electron chi connectivity index (χ0n) is 16.3. The molecule has 3 aromatic rings. The smallest absolute Gasteiger partial charge is 0.227 e. The fourth-order valence-electron chi connectivity index (χ4n) is 3.61. The molecule has 0 spiro atoms. The lowest BCUT2D eigenvalue weighted by atomic mass is 9.96. The van der Waals surface area contributed by atoms with E-state index in [4.69, 9.17) is 0 Å². The summed E-state index contributed by atoms with van der Waals surface area (Å²) in [6.45, 7) is 3.49. The standard InChI is InChI=1S/C23H23FN4O/c1-16-4-2-5-18(12-16)19-14-25-23(26-15-19)28-10-8-17(9-11-28)22(29)27-21-7-3-6-20(24)13-21/h2-7,12-15,17H,8-11H2,1H3,(H,27,29). The number of nitrogens with zero attached hydrogens (tertiary/aromatic N) is 3. The Morgan fingerprint density at radius 3 is 2.45 bits per heavy atom. The fourth-order valence-corrected chi connectivity index (χ4v) is 3.61. The van der Waals surface area contributed by atoms with Gasteiger partial charge < -0.3 is 10.2 Å². The van der Waals surface area contributed by atoms with Gasteiger partial charge in [-0.2, -0.15) is 0 Å². The van der Waals surface area contributed by atoms with Crippen LogP contribution in [0, 0.1) is 18.7 Å². The van der Waals surface area contributed by atoms with Crippen molar-refractivity contribution >= 4 is 17.5 Å². The van der Waals surface area contributed by atoms with Gasteiger partial charge in [0, 0.05) is 42.7 Å². The molecule has 2 heterocycles. The lowest BCUT2D eigenvalue weighted by Gasteiger charge is -2.31. The van der Waals surface area contributed by atoms with Crippen molar-refractivity contribution in [3.8, 4) is 11.1 Å². The number of hydrogen-bond donors (Lipinski definition) is 1. The van der Waals surface area contributed by atoms with Gasteiger partial charge in [-0.15, -0.1) is 0 Å². The Morgan fingerprint density at radius 1 is 1.03 bits per heavy atom. The predicted octanol–water partition coefficient (Wildman–Crippen LogP) is 4.45. The molecular weight excluding hydrogens is 367 g/mol. The number of nitrogens with one attached hydrogen (secondary N) is 1. The lowest BCUT2D eigenvalue weighted by Crippen LogP contribution is -2.39. The van der Waals surface area contributed by atoms with Gasteiger partial charge in [-0.3, -0.25) is 4.79 Å². The van der Waals surface area contributed by atoms with Crippen LogP contribution in [0.15, 0.2) is 60.9 Å². The number of aromatic nitrogens is 2. The molecule has 0 aliphatic carbocycles. The highest BCUT2D eigenvalue weighted by molar-refractivity contribution is 5.92. The lowest BCUT2D eigenvalue weighted by molar-refractivity contribution is -0.120. The molecule has 6 heteroatoms. The Hall–Kier alpha value is -3.28. The van der Waals surface area contributed by atoms with Crippen LogP contribution in [0.25, 0.3) is 11.1 Å². The van der Waals surface area contributed by atoms with Crippen LogP contribution in [0.3, 0.4) is 0 Å². The van der Waals surface area contributed by atoms with E-state index >= 15 is 0 Å². The summed E-state index contributed by atoms with van der Waals surface area (Å²) in [5.74, 6) is 0.168. The second kappa shape index (κ2) is 8.39. The highest BCUT2D eigenvalue weighted by Crippen LogP contribution is 2.24. The van der Waals surface area contributed by atoms with Crippen molar-refractivity contribution in [2.45, 2.75) is 19.8 Å². The van der Waals surface area contributed by atoms with Gasteiger partial charge in [-0.1, -0.05) is 35.9 Å². The first-order chi connectivity index (χ1) is 14.1. The van der Waals surface area contributed by atoms with Crippen LogP contribution in [-0.2, 0) is 4.79 Å². The van der Waals surface area contributed by atoms with Crippen molar-refractivity contribution in [3.05, 3.63) is 72.3 Å². The summed E-state index contributed by atoms with van der Waals surface area (Å²) in [6, 6.07) is 14.2. The average molecular weight is 390 g/mol. The molecule has 1 fully saturated rings. The summed E-state index contributed by atoms with van der Waals surface area (Å²) in [6.07, 6.45) is 5.12. The largest absolute Gasteiger partial charge is 0.341 e. The van der Waals surface area contributed by atoms with E-state index in [1.54, 1.807) is 12.1 Å². The van der Waals surface area contributed by atoms with Gasteiger partial charge in [0.1, 0.15) is 5.82 Å². The van der Waals surface area contributed by atoms with Gasteiger partial charge in [-0.05, 0) is 43.5 Å². The van der Waals surface area contributed by atoms with E-state index in [0.29, 0.717) is 37.6 Å². The summed E-state index contributed by atoms with van der Waals surface area (Å²) < 4.78 is 13.3. The maximum Gasteiger partial charge on any atom is 0.227 e. The molecule has 1 aliphatic rings. The highest BCUT2D eigenvalue weighted by Gasteiger charge is 2.26. The summed E-state index contributed by atoms with van der Waals surface area (Å²) in [4.78, 5) is 23.6. The molecule has 0 radical (unpaired) electrons. The third-order valence-corrected chi connectivity index (χ3v) is 5.23. The number of carbonyl (C=O) groups excluding carboxylic acids is 1. The second-order valence-corrected chi connectivity index (χ2v) is 7.40. The minimum atomic E-state index is -0.358. The second-order valence-electron chi connectivity index (χ2n) is 7.40. The number of benzene rings is 2. The fraction of sp³-hybridized carbons (Fsp3) is 0.261. The van der Waals surface area contributed by atoms with Crippen molar-refractivity contribution in [2.75, 3.05) is 23.3 Å². The molecule has 5 nitrogen and oxygen atoms in total. The van der Waals surface area contributed by atoms with Crippen LogP contribution >= 0.6 is 0 Å². The molecule has 2 aromatic carbocycles. The van der Waals surface area contributed by atoms with Gasteiger partial charge in [0.25, 0.3) is 0 Å². The first-order valence-corrected chi connectivity index (χ1v) is 9.79. The predicted molar refractivity (Wildman–Crippen MR) is 112 cm³/mol. The normalized spacial score (nSPS) is 14.6. The Kier molecular flexibility index (Phi) is 5.51. The number of halogens is 1. The minimum absolute atomic E-state index is 0.0639. The molecule has 4 rings (SSSR count). The van der Waals surface area contributed by atoms with Gasteiger partial charge in [0.15, 0.2) is 0 Å². The molecule has 0 saturated carbocycles. The molecule has 0 atom stereocenters. The SMILES string of the molecule is Cc1cccc(-c2cnc(N3CCC(C(=O)Nc4cccc(F)c4)CC3)nc2)c1. The average Bonchev–Trinajstić information content (AvgIpc) is 2.74. The summed E-state index contributed by atoms with van der Waals surface area (Å²) >= 11 is 0. The molecule has 1 N–H and O–H groups in total. The molecule has 29 heavy (non-hydrogen) atoms. The van der Waals surface area contributed by atoms with Gasteiger partial charge in [0.2, 0.25) is 11.9 Å². The van der Waals surface area contributed by atoms with Crippen LogP contribution in [0.4, 0.5) is 16.0 Å². The van der Waals surface area contributed by atoms with E-state index in [1.165, 1.54) is 17.7 Å². The number of carbonyl (C=O) groups is 1. The summed E-state index contributed by atoms with van der Waals surface area (Å²) in [7, 11) is 0. The highest BCUT2D eigenvalue weighted by atomic mass is 19.1. The molecule has 0 bridgehead atoms. The van der Waals surface area contributed by atoms with E-state index in [-0.39, 0.29) is 17.6 Å². The number of hydrogen-bond acceptors (Lipinski definition) is 4. The maximum absolute atomic E-state index is 13.3. The van der Waals surface area contributed by atoms with Gasteiger partial charge in [-0.25, -0.2) is 14.4 Å². The van der Waals surface area contributed by atoms with Crippen LogP contribution in [0.5, 0.6) is 0 Å². The molecule has 1 saturated heterocycles. The van der Waals surface area contributed by atoms with E-state index in [1.807, 2.05) is 24.5 Å². The van der Waals surface area contributed by atoms with E-state index in [0.717, 1.165) is 11.1 Å². The number of rotatable bonds is 4. The molecule has 1 amide bonds. The summed E-state index contributed by atoms with van der Waals surface area (Å²) in [5, 5.41) is 2.81. The number of anilines is 2. The van der Waals surface area contributed by atoms with E-state index in [9.17, 15) is 9.18 Å². The third kappa shape index (κ3) is 4.59. The first-order valence-electron chi connectivity index (χ1n) is 9.79. The molecule has 0 unspecified atom stereocenters. The maximum atomic E-state index is 13.3. The van der Waals surface area contributed by atoms with Crippen LogP contribution in [0.2, 0.25) is 0 Å². The number of piperidine rings is 1. The Balaban J connectivity index is 1.35. The Labute approximate surface area is 169 Å². The molecule has 1 aliphatic heterocycles. The minimum Gasteiger partial charge on any atom is -0.341 e. The Bertz CT molecular complexity index is 998. The molecule has 148 valence electrons. The van der Waals surface area contributed by atoms with Crippen molar-refractivity contribution in [2.24, 2.45) is 5.92 Å². The topological polar surface area (TPSA) is 58.1 Å². The third-order valence-electron chi connectivity index (χ3n) is 5.23.